The molecule has 0 aliphatic carbocycles. The molecule has 5 nitrogen and oxygen atoms in total. The minimum Gasteiger partial charge on any atom is -0.480 e. The molecule has 2 unspecified atom stereocenters. The minimum atomic E-state index is -0.963. The van der Waals surface area contributed by atoms with Crippen molar-refractivity contribution < 1.29 is 14.7 Å². The molecular weight excluding hydrogens is 232 g/mol. The van der Waals surface area contributed by atoms with E-state index in [0.29, 0.717) is 6.54 Å². The Hall–Kier alpha value is -1.26. The Labute approximate surface area is 109 Å². The van der Waals surface area contributed by atoms with Crippen molar-refractivity contribution in [2.24, 2.45) is 5.92 Å². The van der Waals surface area contributed by atoms with Crippen molar-refractivity contribution in [3.05, 3.63) is 0 Å². The van der Waals surface area contributed by atoms with Crippen LogP contribution in [0.4, 0.5) is 4.79 Å². The zero-order valence-electron chi connectivity index (χ0n) is 11.7. The molecular formula is C13H24N2O3. The predicted molar refractivity (Wildman–Crippen MR) is 69.4 cm³/mol. The molecule has 104 valence electrons. The van der Waals surface area contributed by atoms with Crippen LogP contribution in [-0.4, -0.2) is 40.1 Å². The van der Waals surface area contributed by atoms with E-state index >= 15 is 0 Å². The first-order chi connectivity index (χ1) is 8.29. The Morgan fingerprint density at radius 1 is 1.44 bits per heavy atom. The lowest BCUT2D eigenvalue weighted by Crippen LogP contribution is -2.54. The number of carboxylic acids is 1. The maximum Gasteiger partial charge on any atom is 0.326 e. The second-order valence-corrected chi connectivity index (χ2v) is 5.72. The van der Waals surface area contributed by atoms with Crippen molar-refractivity contribution in [1.82, 2.24) is 10.2 Å². The maximum atomic E-state index is 12.1. The van der Waals surface area contributed by atoms with Crippen molar-refractivity contribution in [1.29, 1.82) is 0 Å². The monoisotopic (exact) mass is 256 g/mol. The zero-order chi connectivity index (χ0) is 13.9. The van der Waals surface area contributed by atoms with Crippen LogP contribution in [0, 0.1) is 5.92 Å². The molecule has 0 bridgehead atoms. The van der Waals surface area contributed by atoms with Gasteiger partial charge in [0.15, 0.2) is 0 Å². The summed E-state index contributed by atoms with van der Waals surface area (Å²) < 4.78 is 0. The number of nitrogens with one attached hydrogen (secondary N) is 1. The van der Waals surface area contributed by atoms with Crippen LogP contribution < -0.4 is 5.32 Å². The number of carbonyl (C=O) groups is 2. The van der Waals surface area contributed by atoms with Crippen LogP contribution in [0.1, 0.15) is 47.0 Å². The second-order valence-electron chi connectivity index (χ2n) is 5.72. The predicted octanol–water partition coefficient (Wildman–Crippen LogP) is 2.07. The molecule has 0 spiro atoms. The van der Waals surface area contributed by atoms with E-state index in [9.17, 15) is 9.59 Å². The molecule has 1 rings (SSSR count). The van der Waals surface area contributed by atoms with Gasteiger partial charge in [0.05, 0.1) is 0 Å². The van der Waals surface area contributed by atoms with Gasteiger partial charge in [-0.25, -0.2) is 9.59 Å². The lowest BCUT2D eigenvalue weighted by Gasteiger charge is -2.33. The third kappa shape index (κ3) is 3.15. The highest BCUT2D eigenvalue weighted by Gasteiger charge is 2.37. The summed E-state index contributed by atoms with van der Waals surface area (Å²) in [5.74, 6) is -1.04. The van der Waals surface area contributed by atoms with Gasteiger partial charge in [0.2, 0.25) is 0 Å². The van der Waals surface area contributed by atoms with E-state index in [1.807, 2.05) is 27.7 Å². The number of urea groups is 1. The van der Waals surface area contributed by atoms with E-state index in [4.69, 9.17) is 5.11 Å². The van der Waals surface area contributed by atoms with Crippen LogP contribution in [0.15, 0.2) is 0 Å². The average Bonchev–Trinajstić information content (AvgIpc) is 2.64. The molecule has 0 aromatic heterocycles. The minimum absolute atomic E-state index is 0.0721. The van der Waals surface area contributed by atoms with E-state index < -0.39 is 12.0 Å². The van der Waals surface area contributed by atoms with Crippen LogP contribution in [0.25, 0.3) is 0 Å². The highest BCUT2D eigenvalue weighted by atomic mass is 16.4. The highest BCUT2D eigenvalue weighted by molar-refractivity contribution is 5.83. The van der Waals surface area contributed by atoms with Gasteiger partial charge in [0, 0.05) is 12.1 Å². The summed E-state index contributed by atoms with van der Waals surface area (Å²) in [5, 5.41) is 11.8. The van der Waals surface area contributed by atoms with Crippen LogP contribution in [0.5, 0.6) is 0 Å². The Morgan fingerprint density at radius 2 is 2.06 bits per heavy atom. The van der Waals surface area contributed by atoms with E-state index in [1.54, 1.807) is 4.90 Å². The number of aliphatic carboxylic acids is 1. The van der Waals surface area contributed by atoms with E-state index in [1.165, 1.54) is 0 Å². The number of carboxylic acid groups (broad SMARTS) is 1. The topological polar surface area (TPSA) is 69.6 Å². The van der Waals surface area contributed by atoms with Crippen LogP contribution in [0.3, 0.4) is 0 Å². The number of hydrogen-bond donors (Lipinski definition) is 2. The Balaban J connectivity index is 2.70. The summed E-state index contributed by atoms with van der Waals surface area (Å²) in [4.78, 5) is 25.1. The zero-order valence-corrected chi connectivity index (χ0v) is 11.7. The van der Waals surface area contributed by atoms with Crippen molar-refractivity contribution in [3.63, 3.8) is 0 Å². The van der Waals surface area contributed by atoms with Gasteiger partial charge < -0.3 is 15.3 Å². The molecule has 2 atom stereocenters. The lowest BCUT2D eigenvalue weighted by molar-refractivity contribution is -0.140. The third-order valence-electron chi connectivity index (χ3n) is 3.90. The number of likely N-dealkylation sites (tertiary alicyclic amines) is 1. The number of amides is 2. The molecule has 1 saturated heterocycles. The third-order valence-corrected chi connectivity index (χ3v) is 3.90. The van der Waals surface area contributed by atoms with Gasteiger partial charge in [-0.15, -0.1) is 0 Å². The molecule has 1 aliphatic rings. The molecule has 18 heavy (non-hydrogen) atoms. The van der Waals surface area contributed by atoms with Gasteiger partial charge in [-0.3, -0.25) is 0 Å². The number of rotatable bonds is 4. The molecule has 1 aliphatic heterocycles. The average molecular weight is 256 g/mol. The molecule has 2 N–H and O–H groups in total. The number of nitrogens with zero attached hydrogens (tertiary/aromatic N) is 1. The molecule has 2 amide bonds. The molecule has 0 aromatic rings. The standard InChI is InChI=1S/C13H24N2O3/c1-5-9(2)10(11(16)17)14-12(18)15-8-6-7-13(15,3)4/h9-10H,5-8H2,1-4H3,(H,14,18)(H,16,17). The summed E-state index contributed by atoms with van der Waals surface area (Å²) >= 11 is 0. The van der Waals surface area contributed by atoms with Crippen molar-refractivity contribution in [2.45, 2.75) is 58.5 Å². The van der Waals surface area contributed by atoms with E-state index in [2.05, 4.69) is 5.32 Å². The van der Waals surface area contributed by atoms with Gasteiger partial charge in [-0.2, -0.15) is 0 Å². The fraction of sp³-hybridized carbons (Fsp3) is 0.846. The largest absolute Gasteiger partial charge is 0.480 e. The first kappa shape index (κ1) is 14.8. The number of carbonyl (C=O) groups excluding carboxylic acids is 1. The maximum absolute atomic E-state index is 12.1. The van der Waals surface area contributed by atoms with E-state index in [-0.39, 0.29) is 17.5 Å². The first-order valence-corrected chi connectivity index (χ1v) is 6.60. The summed E-state index contributed by atoms with van der Waals surface area (Å²) in [6, 6.07) is -1.07. The van der Waals surface area contributed by atoms with E-state index in [0.717, 1.165) is 19.3 Å². The van der Waals surface area contributed by atoms with Gasteiger partial charge in [0.1, 0.15) is 6.04 Å². The van der Waals surface area contributed by atoms with Gasteiger partial charge in [-0.1, -0.05) is 20.3 Å². The van der Waals surface area contributed by atoms with Gasteiger partial charge in [-0.05, 0) is 32.6 Å². The summed E-state index contributed by atoms with van der Waals surface area (Å²) in [6.45, 7) is 8.49. The summed E-state index contributed by atoms with van der Waals surface area (Å²) in [7, 11) is 0. The second kappa shape index (κ2) is 5.59. The quantitative estimate of drug-likeness (QED) is 0.809. The molecule has 0 aromatic carbocycles. The normalized spacial score (nSPS) is 21.4. The van der Waals surface area contributed by atoms with Crippen molar-refractivity contribution >= 4 is 12.0 Å². The molecule has 1 fully saturated rings. The Bertz CT molecular complexity index is 328. The molecule has 0 saturated carbocycles. The summed E-state index contributed by atoms with van der Waals surface area (Å²) in [5.41, 5.74) is -0.178. The highest BCUT2D eigenvalue weighted by Crippen LogP contribution is 2.28. The molecule has 5 heteroatoms. The number of hydrogen-bond acceptors (Lipinski definition) is 2. The smallest absolute Gasteiger partial charge is 0.326 e. The Kier molecular flexibility index (Phi) is 4.59. The van der Waals surface area contributed by atoms with Gasteiger partial charge in [0.25, 0.3) is 0 Å². The molecule has 0 radical (unpaired) electrons. The van der Waals surface area contributed by atoms with Crippen molar-refractivity contribution in [3.8, 4) is 0 Å². The SMILES string of the molecule is CCC(C)C(NC(=O)N1CCCC1(C)C)C(=O)O. The van der Waals surface area contributed by atoms with Crippen LogP contribution in [0.2, 0.25) is 0 Å². The van der Waals surface area contributed by atoms with Crippen LogP contribution in [-0.2, 0) is 4.79 Å². The molecule has 1 heterocycles. The van der Waals surface area contributed by atoms with Gasteiger partial charge >= 0.3 is 12.0 Å². The van der Waals surface area contributed by atoms with Crippen LogP contribution >= 0.6 is 0 Å². The Morgan fingerprint density at radius 3 is 2.44 bits per heavy atom. The summed E-state index contributed by atoms with van der Waals surface area (Å²) in [6.07, 6.45) is 2.66. The van der Waals surface area contributed by atoms with Crippen molar-refractivity contribution in [2.75, 3.05) is 6.54 Å². The fourth-order valence-electron chi connectivity index (χ4n) is 2.38. The first-order valence-electron chi connectivity index (χ1n) is 6.60. The fourth-order valence-corrected chi connectivity index (χ4v) is 2.38. The lowest BCUT2D eigenvalue weighted by atomic mass is 9.99.